The van der Waals surface area contributed by atoms with E-state index < -0.39 is 5.60 Å². The van der Waals surface area contributed by atoms with E-state index in [0.29, 0.717) is 19.6 Å². The molecule has 140 valence electrons. The van der Waals surface area contributed by atoms with Gasteiger partial charge in [-0.05, 0) is 18.1 Å². The molecular formula is C22H30NO3+. The summed E-state index contributed by atoms with van der Waals surface area (Å²) in [7, 11) is 6.22. The van der Waals surface area contributed by atoms with E-state index >= 15 is 0 Å². The van der Waals surface area contributed by atoms with Crippen LogP contribution in [0.25, 0.3) is 0 Å². The molecule has 2 aromatic carbocycles. The fourth-order valence-electron chi connectivity index (χ4n) is 2.85. The van der Waals surface area contributed by atoms with Gasteiger partial charge in [-0.1, -0.05) is 60.7 Å². The molecule has 1 unspecified atom stereocenters. The molecule has 0 saturated carbocycles. The number of quaternary nitrogens is 1. The van der Waals surface area contributed by atoms with Crippen molar-refractivity contribution in [3.63, 3.8) is 0 Å². The van der Waals surface area contributed by atoms with E-state index in [1.54, 1.807) is 0 Å². The van der Waals surface area contributed by atoms with Gasteiger partial charge in [-0.15, -0.1) is 0 Å². The van der Waals surface area contributed by atoms with E-state index in [-0.39, 0.29) is 5.97 Å². The van der Waals surface area contributed by atoms with Crippen LogP contribution in [0.3, 0.4) is 0 Å². The van der Waals surface area contributed by atoms with Gasteiger partial charge >= 0.3 is 5.97 Å². The monoisotopic (exact) mass is 356 g/mol. The van der Waals surface area contributed by atoms with Crippen LogP contribution in [-0.4, -0.2) is 51.4 Å². The summed E-state index contributed by atoms with van der Waals surface area (Å²) in [5.74, 6) is -0.331. The van der Waals surface area contributed by atoms with E-state index in [2.05, 4.69) is 21.1 Å². The highest BCUT2D eigenvalue weighted by Crippen LogP contribution is 2.32. The predicted molar refractivity (Wildman–Crippen MR) is 104 cm³/mol. The van der Waals surface area contributed by atoms with Gasteiger partial charge in [0.2, 0.25) is 0 Å². The summed E-state index contributed by atoms with van der Waals surface area (Å²) in [5.41, 5.74) is 0.719. The summed E-state index contributed by atoms with van der Waals surface area (Å²) in [5, 5.41) is 0. The van der Waals surface area contributed by atoms with E-state index in [0.717, 1.165) is 22.2 Å². The highest BCUT2D eigenvalue weighted by Gasteiger charge is 2.43. The normalized spacial score (nSPS) is 13.8. The maximum absolute atomic E-state index is 13.2. The summed E-state index contributed by atoms with van der Waals surface area (Å²) in [6.07, 6.45) is 0.439. The summed E-state index contributed by atoms with van der Waals surface area (Å²) in [6, 6.07) is 19.6. The van der Waals surface area contributed by atoms with E-state index in [1.165, 1.54) is 0 Å². The minimum Gasteiger partial charge on any atom is -0.457 e. The van der Waals surface area contributed by atoms with Crippen LogP contribution in [0.5, 0.6) is 0 Å². The van der Waals surface area contributed by atoms with Crippen LogP contribution in [0.1, 0.15) is 18.1 Å². The van der Waals surface area contributed by atoms with Gasteiger partial charge in [0.15, 0.2) is 5.60 Å². The first kappa shape index (κ1) is 20.1. The van der Waals surface area contributed by atoms with Gasteiger partial charge in [0.05, 0.1) is 21.1 Å². The van der Waals surface area contributed by atoms with Gasteiger partial charge in [0, 0.05) is 13.0 Å². The molecule has 0 aliphatic rings. The van der Waals surface area contributed by atoms with Crippen molar-refractivity contribution in [1.82, 2.24) is 0 Å². The number of carbonyl (C=O) groups is 1. The van der Waals surface area contributed by atoms with Crippen molar-refractivity contribution in [2.75, 3.05) is 40.9 Å². The number of nitrogens with zero attached hydrogens (tertiary/aromatic N) is 1. The second kappa shape index (κ2) is 8.97. The third-order valence-electron chi connectivity index (χ3n) is 4.25. The Hall–Kier alpha value is -2.17. The lowest BCUT2D eigenvalue weighted by Gasteiger charge is -2.32. The van der Waals surface area contributed by atoms with Crippen LogP contribution in [0.15, 0.2) is 60.7 Å². The molecule has 0 heterocycles. The number of esters is 1. The lowest BCUT2D eigenvalue weighted by atomic mass is 9.86. The number of benzene rings is 2. The first-order valence-corrected chi connectivity index (χ1v) is 9.08. The largest absolute Gasteiger partial charge is 0.457 e. The Labute approximate surface area is 156 Å². The Balaban J connectivity index is 2.34. The number of hydrogen-bond donors (Lipinski definition) is 0. The summed E-state index contributed by atoms with van der Waals surface area (Å²) < 4.78 is 12.5. The molecule has 0 spiro atoms. The standard InChI is InChI=1S/C22H30NO3/c1-5-26-22(20-14-10-7-11-15-20,18-19-12-8-6-9-13-19)21(24)25-17-16-23(2,3)4/h6-15H,5,16-18H2,1-4H3/q+1. The highest BCUT2D eigenvalue weighted by atomic mass is 16.6. The zero-order chi connectivity index (χ0) is 19.0. The molecule has 0 aliphatic carbocycles. The van der Waals surface area contributed by atoms with Gasteiger partial charge in [-0.25, -0.2) is 4.79 Å². The summed E-state index contributed by atoms with van der Waals surface area (Å²) in [4.78, 5) is 13.2. The molecule has 1 atom stereocenters. The van der Waals surface area contributed by atoms with Crippen LogP contribution in [0, 0.1) is 0 Å². The van der Waals surface area contributed by atoms with Crippen molar-refractivity contribution in [3.05, 3.63) is 71.8 Å². The Morgan fingerprint density at radius 2 is 1.54 bits per heavy atom. The molecule has 0 aliphatic heterocycles. The minimum atomic E-state index is -1.14. The Bertz CT molecular complexity index is 680. The molecule has 0 bridgehead atoms. The first-order valence-electron chi connectivity index (χ1n) is 9.08. The van der Waals surface area contributed by atoms with Crippen LogP contribution in [0.2, 0.25) is 0 Å². The van der Waals surface area contributed by atoms with Crippen molar-refractivity contribution in [2.45, 2.75) is 18.9 Å². The van der Waals surface area contributed by atoms with Crippen molar-refractivity contribution < 1.29 is 18.8 Å². The third kappa shape index (κ3) is 5.41. The van der Waals surface area contributed by atoms with Crippen molar-refractivity contribution in [3.8, 4) is 0 Å². The second-order valence-corrected chi connectivity index (χ2v) is 7.44. The van der Waals surface area contributed by atoms with E-state index in [9.17, 15) is 4.79 Å². The number of likely N-dealkylation sites (N-methyl/N-ethyl adjacent to an activating group) is 1. The maximum Gasteiger partial charge on any atom is 0.343 e. The topological polar surface area (TPSA) is 35.5 Å². The average molecular weight is 356 g/mol. The van der Waals surface area contributed by atoms with Crippen molar-refractivity contribution >= 4 is 5.97 Å². The average Bonchev–Trinajstić information content (AvgIpc) is 2.61. The van der Waals surface area contributed by atoms with Gasteiger partial charge < -0.3 is 14.0 Å². The van der Waals surface area contributed by atoms with Crippen LogP contribution < -0.4 is 0 Å². The molecule has 0 radical (unpaired) electrons. The lowest BCUT2D eigenvalue weighted by Crippen LogP contribution is -2.44. The van der Waals surface area contributed by atoms with Gasteiger partial charge in [0.25, 0.3) is 0 Å². The summed E-state index contributed by atoms with van der Waals surface area (Å²) >= 11 is 0. The Morgan fingerprint density at radius 1 is 0.962 bits per heavy atom. The van der Waals surface area contributed by atoms with Crippen molar-refractivity contribution in [2.24, 2.45) is 0 Å². The van der Waals surface area contributed by atoms with E-state index in [4.69, 9.17) is 9.47 Å². The molecule has 2 rings (SSSR count). The number of carbonyl (C=O) groups excluding carboxylic acids is 1. The van der Waals surface area contributed by atoms with Crippen molar-refractivity contribution in [1.29, 1.82) is 0 Å². The fraction of sp³-hybridized carbons (Fsp3) is 0.409. The van der Waals surface area contributed by atoms with Gasteiger partial charge in [-0.3, -0.25) is 0 Å². The van der Waals surface area contributed by atoms with Gasteiger partial charge in [0.1, 0.15) is 13.2 Å². The molecule has 2 aromatic rings. The molecule has 0 amide bonds. The number of rotatable bonds is 9. The molecule has 0 aromatic heterocycles. The molecule has 4 nitrogen and oxygen atoms in total. The minimum absolute atomic E-state index is 0.331. The predicted octanol–water partition coefficient (Wildman–Crippen LogP) is 3.41. The zero-order valence-corrected chi connectivity index (χ0v) is 16.3. The maximum atomic E-state index is 13.2. The fourth-order valence-corrected chi connectivity index (χ4v) is 2.85. The van der Waals surface area contributed by atoms with Crippen LogP contribution >= 0.6 is 0 Å². The van der Waals surface area contributed by atoms with Crippen LogP contribution in [-0.2, 0) is 26.3 Å². The van der Waals surface area contributed by atoms with Crippen LogP contribution in [0.4, 0.5) is 0 Å². The van der Waals surface area contributed by atoms with Gasteiger partial charge in [-0.2, -0.15) is 0 Å². The molecule has 26 heavy (non-hydrogen) atoms. The molecular weight excluding hydrogens is 326 g/mol. The Morgan fingerprint density at radius 3 is 2.08 bits per heavy atom. The quantitative estimate of drug-likeness (QED) is 0.510. The smallest absolute Gasteiger partial charge is 0.343 e. The number of ether oxygens (including phenoxy) is 2. The lowest BCUT2D eigenvalue weighted by molar-refractivity contribution is -0.870. The number of hydrogen-bond acceptors (Lipinski definition) is 3. The molecule has 0 saturated heterocycles. The molecule has 4 heteroatoms. The Kier molecular flexibility index (Phi) is 6.95. The molecule has 0 fully saturated rings. The highest BCUT2D eigenvalue weighted by molar-refractivity contribution is 5.82. The first-order chi connectivity index (χ1) is 12.4. The third-order valence-corrected chi connectivity index (χ3v) is 4.25. The molecule has 0 N–H and O–H groups in total. The summed E-state index contributed by atoms with van der Waals surface area (Å²) in [6.45, 7) is 3.43. The SMILES string of the molecule is CCOC(Cc1ccccc1)(C(=O)OCC[N+](C)(C)C)c1ccccc1. The second-order valence-electron chi connectivity index (χ2n) is 7.44. The van der Waals surface area contributed by atoms with E-state index in [1.807, 2.05) is 67.6 Å². The zero-order valence-electron chi connectivity index (χ0n) is 16.3.